The zero-order valence-electron chi connectivity index (χ0n) is 9.13. The number of ether oxygens (including phenoxy) is 1. The summed E-state index contributed by atoms with van der Waals surface area (Å²) in [5.41, 5.74) is 1.33. The van der Waals surface area contributed by atoms with Crippen LogP contribution in [-0.4, -0.2) is 30.1 Å². The van der Waals surface area contributed by atoms with Crippen molar-refractivity contribution in [1.29, 1.82) is 0 Å². The molecule has 0 amide bonds. The first-order valence-corrected chi connectivity index (χ1v) is 5.77. The van der Waals surface area contributed by atoms with Crippen molar-refractivity contribution in [1.82, 2.24) is 4.90 Å². The Bertz CT molecular complexity index is 374. The summed E-state index contributed by atoms with van der Waals surface area (Å²) < 4.78 is 5.27. The summed E-state index contributed by atoms with van der Waals surface area (Å²) in [6.45, 7) is 2.85. The standard InChI is InChI=1S/C13H15NO2/c15-13-6-11-8-14(9-12(11)16-13)7-10-4-2-1-3-5-10/h1-5,11-12H,6-9H2/t11-,12+/m1/s1. The molecule has 1 aromatic rings. The maximum absolute atomic E-state index is 11.1. The number of nitrogens with zero attached hydrogens (tertiary/aromatic N) is 1. The summed E-state index contributed by atoms with van der Waals surface area (Å²) in [4.78, 5) is 13.5. The lowest BCUT2D eigenvalue weighted by Gasteiger charge is -2.16. The molecule has 3 heteroatoms. The van der Waals surface area contributed by atoms with Crippen molar-refractivity contribution in [3.05, 3.63) is 35.9 Å². The predicted octanol–water partition coefficient (Wildman–Crippen LogP) is 1.43. The summed E-state index contributed by atoms with van der Waals surface area (Å²) in [6.07, 6.45) is 0.756. The normalized spacial score (nSPS) is 29.1. The molecule has 2 heterocycles. The number of esters is 1. The molecule has 3 rings (SSSR count). The molecule has 0 aliphatic carbocycles. The highest BCUT2D eigenvalue weighted by Gasteiger charge is 2.41. The Morgan fingerprint density at radius 3 is 2.81 bits per heavy atom. The Balaban J connectivity index is 1.62. The first-order valence-electron chi connectivity index (χ1n) is 5.77. The van der Waals surface area contributed by atoms with Crippen LogP contribution >= 0.6 is 0 Å². The quantitative estimate of drug-likeness (QED) is 0.702. The van der Waals surface area contributed by atoms with Crippen LogP contribution in [0, 0.1) is 5.92 Å². The van der Waals surface area contributed by atoms with Crippen molar-refractivity contribution in [2.75, 3.05) is 13.1 Å². The highest BCUT2D eigenvalue weighted by Crippen LogP contribution is 2.30. The molecule has 2 aliphatic heterocycles. The number of carbonyl (C=O) groups is 1. The van der Waals surface area contributed by atoms with Crippen LogP contribution in [0.25, 0.3) is 0 Å². The summed E-state index contributed by atoms with van der Waals surface area (Å²) in [5, 5.41) is 0. The average molecular weight is 217 g/mol. The van der Waals surface area contributed by atoms with E-state index in [1.807, 2.05) is 6.07 Å². The second-order valence-electron chi connectivity index (χ2n) is 4.67. The number of fused-ring (bicyclic) bond motifs is 1. The fourth-order valence-corrected chi connectivity index (χ4v) is 2.66. The molecule has 0 spiro atoms. The zero-order valence-corrected chi connectivity index (χ0v) is 9.13. The van der Waals surface area contributed by atoms with Gasteiger partial charge >= 0.3 is 5.97 Å². The number of likely N-dealkylation sites (tertiary alicyclic amines) is 1. The minimum Gasteiger partial charge on any atom is -0.461 e. The summed E-state index contributed by atoms with van der Waals surface area (Å²) in [6, 6.07) is 10.4. The molecule has 0 bridgehead atoms. The van der Waals surface area contributed by atoms with Crippen LogP contribution in [0.1, 0.15) is 12.0 Å². The van der Waals surface area contributed by atoms with Gasteiger partial charge in [0.25, 0.3) is 0 Å². The van der Waals surface area contributed by atoms with Gasteiger partial charge in [0.2, 0.25) is 0 Å². The van der Waals surface area contributed by atoms with Crippen LogP contribution in [-0.2, 0) is 16.1 Å². The molecule has 0 N–H and O–H groups in total. The van der Waals surface area contributed by atoms with Gasteiger partial charge < -0.3 is 4.74 Å². The van der Waals surface area contributed by atoms with Gasteiger partial charge in [-0.05, 0) is 5.56 Å². The zero-order chi connectivity index (χ0) is 11.0. The van der Waals surface area contributed by atoms with Crippen molar-refractivity contribution in [2.45, 2.75) is 19.1 Å². The van der Waals surface area contributed by atoms with Crippen molar-refractivity contribution >= 4 is 5.97 Å². The molecule has 0 unspecified atom stereocenters. The first-order chi connectivity index (χ1) is 7.81. The van der Waals surface area contributed by atoms with E-state index in [-0.39, 0.29) is 12.1 Å². The smallest absolute Gasteiger partial charge is 0.306 e. The highest BCUT2D eigenvalue weighted by molar-refractivity contribution is 5.72. The molecule has 2 saturated heterocycles. The maximum Gasteiger partial charge on any atom is 0.306 e. The van der Waals surface area contributed by atoms with Crippen LogP contribution < -0.4 is 0 Å². The molecule has 0 aromatic heterocycles. The van der Waals surface area contributed by atoms with Crippen molar-refractivity contribution in [3.63, 3.8) is 0 Å². The van der Waals surface area contributed by atoms with E-state index in [9.17, 15) is 4.79 Å². The number of hydrogen-bond donors (Lipinski definition) is 0. The lowest BCUT2D eigenvalue weighted by atomic mass is 10.1. The molecule has 16 heavy (non-hydrogen) atoms. The van der Waals surface area contributed by atoms with E-state index in [0.29, 0.717) is 12.3 Å². The molecule has 2 fully saturated rings. The lowest BCUT2D eigenvalue weighted by Crippen LogP contribution is -2.23. The molecule has 0 radical (unpaired) electrons. The van der Waals surface area contributed by atoms with Crippen LogP contribution in [0.2, 0.25) is 0 Å². The summed E-state index contributed by atoms with van der Waals surface area (Å²) >= 11 is 0. The fourth-order valence-electron chi connectivity index (χ4n) is 2.66. The van der Waals surface area contributed by atoms with Gasteiger partial charge in [-0.25, -0.2) is 0 Å². The third-order valence-corrected chi connectivity index (χ3v) is 3.42. The second kappa shape index (κ2) is 3.91. The second-order valence-corrected chi connectivity index (χ2v) is 4.67. The van der Waals surface area contributed by atoms with Crippen molar-refractivity contribution < 1.29 is 9.53 Å². The molecular weight excluding hydrogens is 202 g/mol. The molecular formula is C13H15NO2. The maximum atomic E-state index is 11.1. The molecule has 1 aromatic carbocycles. The van der Waals surface area contributed by atoms with Gasteiger partial charge in [0.1, 0.15) is 6.10 Å². The van der Waals surface area contributed by atoms with Crippen LogP contribution in [0.5, 0.6) is 0 Å². The third-order valence-electron chi connectivity index (χ3n) is 3.42. The fraction of sp³-hybridized carbons (Fsp3) is 0.462. The van der Waals surface area contributed by atoms with Gasteiger partial charge in [-0.1, -0.05) is 30.3 Å². The van der Waals surface area contributed by atoms with Crippen LogP contribution in [0.3, 0.4) is 0 Å². The van der Waals surface area contributed by atoms with E-state index in [1.54, 1.807) is 0 Å². The number of hydrogen-bond acceptors (Lipinski definition) is 3. The minimum absolute atomic E-state index is 0.0191. The Labute approximate surface area is 95.0 Å². The Morgan fingerprint density at radius 1 is 1.25 bits per heavy atom. The van der Waals surface area contributed by atoms with Crippen LogP contribution in [0.15, 0.2) is 30.3 Å². The Kier molecular flexibility index (Phi) is 2.40. The Hall–Kier alpha value is -1.35. The average Bonchev–Trinajstić information content (AvgIpc) is 2.76. The van der Waals surface area contributed by atoms with Gasteiger partial charge in [0.15, 0.2) is 0 Å². The van der Waals surface area contributed by atoms with Crippen molar-refractivity contribution in [3.8, 4) is 0 Å². The Morgan fingerprint density at radius 2 is 2.06 bits per heavy atom. The van der Waals surface area contributed by atoms with Gasteiger partial charge in [-0.2, -0.15) is 0 Å². The van der Waals surface area contributed by atoms with Crippen molar-refractivity contribution in [2.24, 2.45) is 5.92 Å². The van der Waals surface area contributed by atoms with E-state index in [0.717, 1.165) is 19.6 Å². The molecule has 3 nitrogen and oxygen atoms in total. The molecule has 84 valence electrons. The molecule has 0 saturated carbocycles. The number of carbonyl (C=O) groups excluding carboxylic acids is 1. The van der Waals surface area contributed by atoms with Crippen LogP contribution in [0.4, 0.5) is 0 Å². The van der Waals surface area contributed by atoms with E-state index in [1.165, 1.54) is 5.56 Å². The minimum atomic E-state index is -0.0191. The van der Waals surface area contributed by atoms with E-state index < -0.39 is 0 Å². The monoisotopic (exact) mass is 217 g/mol. The van der Waals surface area contributed by atoms with E-state index in [2.05, 4.69) is 29.2 Å². The van der Waals surface area contributed by atoms with Gasteiger partial charge in [0.05, 0.1) is 6.42 Å². The number of rotatable bonds is 2. The van der Waals surface area contributed by atoms with Gasteiger partial charge in [0, 0.05) is 25.6 Å². The predicted molar refractivity (Wildman–Crippen MR) is 59.7 cm³/mol. The largest absolute Gasteiger partial charge is 0.461 e. The summed E-state index contributed by atoms with van der Waals surface area (Å²) in [5.74, 6) is 0.408. The molecule has 2 aliphatic rings. The van der Waals surface area contributed by atoms with E-state index >= 15 is 0 Å². The molecule has 2 atom stereocenters. The SMILES string of the molecule is O=C1C[C@@H]2CN(Cc3ccccc3)C[C@@H]2O1. The van der Waals surface area contributed by atoms with Gasteiger partial charge in [-0.3, -0.25) is 9.69 Å². The van der Waals surface area contributed by atoms with E-state index in [4.69, 9.17) is 4.74 Å². The topological polar surface area (TPSA) is 29.5 Å². The van der Waals surface area contributed by atoms with Gasteiger partial charge in [-0.15, -0.1) is 0 Å². The third kappa shape index (κ3) is 1.83. The lowest BCUT2D eigenvalue weighted by molar-refractivity contribution is -0.141. The summed E-state index contributed by atoms with van der Waals surface area (Å²) in [7, 11) is 0. The first kappa shape index (κ1) is 9.85. The number of benzene rings is 1. The highest BCUT2D eigenvalue weighted by atomic mass is 16.6.